The standard InChI is InChI=1S/C15H24N2O2S/c1-15(2)10-8-13(9-11-15)17-20(18,19)14-6-4-12(16-3)5-7-14/h4-7,13,16-17H,8-11H2,1-3H3. The molecule has 2 N–H and O–H groups in total. The Morgan fingerprint density at radius 2 is 1.65 bits per heavy atom. The highest BCUT2D eigenvalue weighted by Gasteiger charge is 2.29. The molecule has 0 bridgehead atoms. The van der Waals surface area contributed by atoms with Crippen molar-refractivity contribution in [1.29, 1.82) is 0 Å². The second-order valence-electron chi connectivity index (χ2n) is 6.33. The number of nitrogens with one attached hydrogen (secondary N) is 2. The van der Waals surface area contributed by atoms with Crippen molar-refractivity contribution in [2.45, 2.75) is 50.5 Å². The summed E-state index contributed by atoms with van der Waals surface area (Å²) in [6, 6.07) is 6.90. The van der Waals surface area contributed by atoms with E-state index in [1.807, 2.05) is 7.05 Å². The van der Waals surface area contributed by atoms with Gasteiger partial charge in [0.25, 0.3) is 0 Å². The van der Waals surface area contributed by atoms with Crippen LogP contribution < -0.4 is 10.0 Å². The fraction of sp³-hybridized carbons (Fsp3) is 0.600. The van der Waals surface area contributed by atoms with Gasteiger partial charge >= 0.3 is 0 Å². The Bertz CT molecular complexity index is 540. The zero-order valence-corrected chi connectivity index (χ0v) is 13.3. The number of hydrogen-bond acceptors (Lipinski definition) is 3. The summed E-state index contributed by atoms with van der Waals surface area (Å²) in [7, 11) is -1.59. The molecule has 5 heteroatoms. The number of hydrogen-bond donors (Lipinski definition) is 2. The van der Waals surface area contributed by atoms with Crippen molar-refractivity contribution in [2.24, 2.45) is 5.41 Å². The molecule has 1 aromatic carbocycles. The summed E-state index contributed by atoms with van der Waals surface area (Å²) < 4.78 is 27.5. The van der Waals surface area contributed by atoms with Crippen LogP contribution in [-0.2, 0) is 10.0 Å². The van der Waals surface area contributed by atoms with Crippen LogP contribution in [-0.4, -0.2) is 21.5 Å². The first-order valence-electron chi connectivity index (χ1n) is 7.13. The zero-order valence-electron chi connectivity index (χ0n) is 12.4. The van der Waals surface area contributed by atoms with Gasteiger partial charge in [-0.25, -0.2) is 13.1 Å². The minimum absolute atomic E-state index is 0.0667. The Morgan fingerprint density at radius 1 is 1.10 bits per heavy atom. The van der Waals surface area contributed by atoms with Crippen LogP contribution in [0.4, 0.5) is 5.69 Å². The van der Waals surface area contributed by atoms with Crippen molar-refractivity contribution in [3.63, 3.8) is 0 Å². The SMILES string of the molecule is CNc1ccc(S(=O)(=O)NC2CCC(C)(C)CC2)cc1. The van der Waals surface area contributed by atoms with E-state index in [1.54, 1.807) is 24.3 Å². The molecule has 0 atom stereocenters. The Kier molecular flexibility index (Phi) is 4.39. The third-order valence-corrected chi connectivity index (χ3v) is 5.65. The van der Waals surface area contributed by atoms with Crippen molar-refractivity contribution in [2.75, 3.05) is 12.4 Å². The average molecular weight is 296 g/mol. The molecule has 0 unspecified atom stereocenters. The van der Waals surface area contributed by atoms with Crippen molar-refractivity contribution in [1.82, 2.24) is 4.72 Å². The lowest BCUT2D eigenvalue weighted by Crippen LogP contribution is -2.39. The summed E-state index contributed by atoms with van der Waals surface area (Å²) in [6.07, 6.45) is 3.97. The minimum atomic E-state index is -3.40. The first-order valence-corrected chi connectivity index (χ1v) is 8.61. The van der Waals surface area contributed by atoms with Gasteiger partial charge in [-0.15, -0.1) is 0 Å². The summed E-state index contributed by atoms with van der Waals surface area (Å²) in [5.41, 5.74) is 1.25. The van der Waals surface area contributed by atoms with Crippen molar-refractivity contribution in [3.8, 4) is 0 Å². The molecule has 1 aromatic rings. The molecule has 4 nitrogen and oxygen atoms in total. The Morgan fingerprint density at radius 3 is 2.15 bits per heavy atom. The third kappa shape index (κ3) is 3.73. The van der Waals surface area contributed by atoms with E-state index in [4.69, 9.17) is 0 Å². The van der Waals surface area contributed by atoms with Gasteiger partial charge < -0.3 is 5.32 Å². The van der Waals surface area contributed by atoms with Gasteiger partial charge in [0.2, 0.25) is 10.0 Å². The van der Waals surface area contributed by atoms with Crippen LogP contribution in [0.1, 0.15) is 39.5 Å². The zero-order chi connectivity index (χ0) is 14.8. The quantitative estimate of drug-likeness (QED) is 0.898. The molecule has 1 aliphatic carbocycles. The van der Waals surface area contributed by atoms with E-state index in [0.29, 0.717) is 10.3 Å². The van der Waals surface area contributed by atoms with Crippen LogP contribution in [0.2, 0.25) is 0 Å². The van der Waals surface area contributed by atoms with E-state index in [2.05, 4.69) is 23.9 Å². The van der Waals surface area contributed by atoms with Crippen LogP contribution in [0.5, 0.6) is 0 Å². The molecule has 1 aliphatic rings. The maximum absolute atomic E-state index is 12.3. The molecule has 0 spiro atoms. The van der Waals surface area contributed by atoms with Crippen LogP contribution in [0, 0.1) is 5.41 Å². The van der Waals surface area contributed by atoms with E-state index < -0.39 is 10.0 Å². The van der Waals surface area contributed by atoms with Gasteiger partial charge in [0, 0.05) is 18.8 Å². The largest absolute Gasteiger partial charge is 0.388 e. The van der Waals surface area contributed by atoms with Gasteiger partial charge in [-0.05, 0) is 55.4 Å². The Balaban J connectivity index is 2.04. The summed E-state index contributed by atoms with van der Waals surface area (Å²) in [4.78, 5) is 0.335. The van der Waals surface area contributed by atoms with E-state index in [-0.39, 0.29) is 6.04 Å². The lowest BCUT2D eigenvalue weighted by atomic mass is 9.76. The van der Waals surface area contributed by atoms with Crippen LogP contribution in [0.15, 0.2) is 29.2 Å². The van der Waals surface area contributed by atoms with Gasteiger partial charge in [0.15, 0.2) is 0 Å². The lowest BCUT2D eigenvalue weighted by molar-refractivity contribution is 0.218. The molecule has 1 saturated carbocycles. The monoisotopic (exact) mass is 296 g/mol. The molecule has 0 heterocycles. The molecule has 2 rings (SSSR count). The maximum Gasteiger partial charge on any atom is 0.240 e. The topological polar surface area (TPSA) is 58.2 Å². The minimum Gasteiger partial charge on any atom is -0.388 e. The van der Waals surface area contributed by atoms with Gasteiger partial charge in [0.05, 0.1) is 4.90 Å². The summed E-state index contributed by atoms with van der Waals surface area (Å²) in [5.74, 6) is 0. The Hall–Kier alpha value is -1.07. The van der Waals surface area contributed by atoms with Gasteiger partial charge in [0.1, 0.15) is 0 Å². The molecule has 0 radical (unpaired) electrons. The van der Waals surface area contributed by atoms with Crippen molar-refractivity contribution in [3.05, 3.63) is 24.3 Å². The number of benzene rings is 1. The number of anilines is 1. The molecule has 0 saturated heterocycles. The lowest BCUT2D eigenvalue weighted by Gasteiger charge is -2.34. The van der Waals surface area contributed by atoms with Gasteiger partial charge in [-0.1, -0.05) is 13.8 Å². The summed E-state index contributed by atoms with van der Waals surface area (Å²) >= 11 is 0. The smallest absolute Gasteiger partial charge is 0.240 e. The second kappa shape index (κ2) is 5.74. The highest BCUT2D eigenvalue weighted by molar-refractivity contribution is 7.89. The predicted octanol–water partition coefficient (Wildman–Crippen LogP) is 2.98. The molecular weight excluding hydrogens is 272 g/mol. The fourth-order valence-electron chi connectivity index (χ4n) is 2.61. The molecule has 0 amide bonds. The predicted molar refractivity (Wildman–Crippen MR) is 82.3 cm³/mol. The van der Waals surface area contributed by atoms with E-state index in [9.17, 15) is 8.42 Å². The molecular formula is C15H24N2O2S. The van der Waals surface area contributed by atoms with Crippen LogP contribution in [0.3, 0.4) is 0 Å². The molecule has 1 fully saturated rings. The van der Waals surface area contributed by atoms with Crippen molar-refractivity contribution < 1.29 is 8.42 Å². The molecule has 0 aromatic heterocycles. The second-order valence-corrected chi connectivity index (χ2v) is 8.05. The van der Waals surface area contributed by atoms with E-state index in [0.717, 1.165) is 31.4 Å². The first kappa shape index (κ1) is 15.3. The van der Waals surface area contributed by atoms with Gasteiger partial charge in [-0.2, -0.15) is 0 Å². The molecule has 20 heavy (non-hydrogen) atoms. The number of rotatable bonds is 4. The van der Waals surface area contributed by atoms with Gasteiger partial charge in [-0.3, -0.25) is 0 Å². The first-order chi connectivity index (χ1) is 9.32. The molecule has 0 aliphatic heterocycles. The summed E-state index contributed by atoms with van der Waals surface area (Å²) in [5, 5.41) is 2.98. The highest BCUT2D eigenvalue weighted by atomic mass is 32.2. The molecule has 112 valence electrons. The average Bonchev–Trinajstić information content (AvgIpc) is 2.41. The third-order valence-electron chi connectivity index (χ3n) is 4.11. The fourth-order valence-corrected chi connectivity index (χ4v) is 3.91. The maximum atomic E-state index is 12.3. The summed E-state index contributed by atoms with van der Waals surface area (Å²) in [6.45, 7) is 4.49. The number of sulfonamides is 1. The van der Waals surface area contributed by atoms with Crippen LogP contribution >= 0.6 is 0 Å². The van der Waals surface area contributed by atoms with E-state index in [1.165, 1.54) is 0 Å². The van der Waals surface area contributed by atoms with Crippen molar-refractivity contribution >= 4 is 15.7 Å². The Labute approximate surface area is 122 Å². The van der Waals surface area contributed by atoms with E-state index >= 15 is 0 Å². The highest BCUT2D eigenvalue weighted by Crippen LogP contribution is 2.35. The van der Waals surface area contributed by atoms with Crippen LogP contribution in [0.25, 0.3) is 0 Å². The normalized spacial score (nSPS) is 19.8.